The number of halogens is 1. The molecule has 0 aliphatic carbocycles. The summed E-state index contributed by atoms with van der Waals surface area (Å²) in [6, 6.07) is 17.8. The number of hydrogen-bond acceptors (Lipinski definition) is 3. The number of nitrogens with one attached hydrogen (secondary N) is 1. The Bertz CT molecular complexity index is 1160. The second-order valence-electron chi connectivity index (χ2n) is 7.12. The monoisotopic (exact) mass is 402 g/mol. The average molecular weight is 402 g/mol. The van der Waals surface area contributed by atoms with Crippen molar-refractivity contribution in [1.82, 2.24) is 5.32 Å². The number of amides is 3. The summed E-state index contributed by atoms with van der Waals surface area (Å²) in [4.78, 5) is 39.3. The van der Waals surface area contributed by atoms with Crippen molar-refractivity contribution < 1.29 is 18.8 Å². The first-order valence-electron chi connectivity index (χ1n) is 9.57. The van der Waals surface area contributed by atoms with E-state index < -0.39 is 11.8 Å². The summed E-state index contributed by atoms with van der Waals surface area (Å²) < 4.78 is 13.0. The summed E-state index contributed by atoms with van der Waals surface area (Å²) in [5.74, 6) is -1.48. The highest BCUT2D eigenvalue weighted by Crippen LogP contribution is 2.30. The van der Waals surface area contributed by atoms with Crippen molar-refractivity contribution in [3.63, 3.8) is 0 Å². The minimum absolute atomic E-state index is 0.217. The van der Waals surface area contributed by atoms with Crippen LogP contribution in [-0.2, 0) is 6.42 Å². The number of anilines is 1. The topological polar surface area (TPSA) is 66.5 Å². The van der Waals surface area contributed by atoms with Crippen LogP contribution in [-0.4, -0.2) is 24.3 Å². The molecule has 0 fully saturated rings. The van der Waals surface area contributed by atoms with Crippen molar-refractivity contribution in [2.24, 2.45) is 0 Å². The van der Waals surface area contributed by atoms with Gasteiger partial charge in [0.25, 0.3) is 17.7 Å². The van der Waals surface area contributed by atoms with Crippen LogP contribution in [0.5, 0.6) is 0 Å². The average Bonchev–Trinajstić information content (AvgIpc) is 2.99. The molecule has 3 aromatic rings. The number of fused-ring (bicyclic) bond motifs is 1. The maximum Gasteiger partial charge on any atom is 0.266 e. The fourth-order valence-electron chi connectivity index (χ4n) is 3.49. The van der Waals surface area contributed by atoms with Crippen molar-refractivity contribution in [3.8, 4) is 0 Å². The summed E-state index contributed by atoms with van der Waals surface area (Å²) in [7, 11) is 0. The van der Waals surface area contributed by atoms with Crippen molar-refractivity contribution in [3.05, 3.63) is 100 Å². The molecule has 6 heteroatoms. The molecule has 3 amide bonds. The Morgan fingerprint density at radius 3 is 2.37 bits per heavy atom. The predicted octanol–water partition coefficient (Wildman–Crippen LogP) is 3.91. The first-order chi connectivity index (χ1) is 14.5. The van der Waals surface area contributed by atoms with Crippen LogP contribution in [0.15, 0.2) is 66.7 Å². The third-order valence-electron chi connectivity index (χ3n) is 5.12. The molecule has 0 radical (unpaired) electrons. The highest BCUT2D eigenvalue weighted by Gasteiger charge is 2.37. The van der Waals surface area contributed by atoms with Gasteiger partial charge < -0.3 is 5.32 Å². The van der Waals surface area contributed by atoms with Gasteiger partial charge in [0.2, 0.25) is 0 Å². The van der Waals surface area contributed by atoms with Gasteiger partial charge in [0.1, 0.15) is 5.82 Å². The lowest BCUT2D eigenvalue weighted by Crippen LogP contribution is -2.30. The normalized spacial score (nSPS) is 12.8. The van der Waals surface area contributed by atoms with E-state index in [1.807, 2.05) is 19.1 Å². The fourth-order valence-corrected chi connectivity index (χ4v) is 3.49. The zero-order valence-corrected chi connectivity index (χ0v) is 16.3. The number of benzene rings is 3. The quantitative estimate of drug-likeness (QED) is 0.658. The van der Waals surface area contributed by atoms with Gasteiger partial charge in [-0.25, -0.2) is 9.29 Å². The SMILES string of the molecule is Cc1ccccc1N1C(=O)c2ccc(C(=O)NCCc3ccc(F)cc3)cc2C1=O. The number of rotatable bonds is 5. The number of hydrogen-bond donors (Lipinski definition) is 1. The zero-order valence-electron chi connectivity index (χ0n) is 16.3. The first kappa shape index (κ1) is 19.5. The van der Waals surface area contributed by atoms with E-state index in [0.29, 0.717) is 24.2 Å². The standard InChI is InChI=1S/C24H19FN2O3/c1-15-4-2-3-5-21(15)27-23(29)19-11-8-17(14-20(19)24(27)30)22(28)26-13-12-16-6-9-18(25)10-7-16/h2-11,14H,12-13H2,1H3,(H,26,28). The van der Waals surface area contributed by atoms with Gasteiger partial charge >= 0.3 is 0 Å². The summed E-state index contributed by atoms with van der Waals surface area (Å²) in [6.45, 7) is 2.20. The van der Waals surface area contributed by atoms with E-state index in [-0.39, 0.29) is 22.9 Å². The summed E-state index contributed by atoms with van der Waals surface area (Å²) in [6.07, 6.45) is 0.551. The minimum Gasteiger partial charge on any atom is -0.352 e. The van der Waals surface area contributed by atoms with Crippen LogP contribution >= 0.6 is 0 Å². The van der Waals surface area contributed by atoms with E-state index in [2.05, 4.69) is 5.32 Å². The molecule has 1 aliphatic heterocycles. The molecule has 5 nitrogen and oxygen atoms in total. The molecule has 0 saturated heterocycles. The van der Waals surface area contributed by atoms with E-state index in [9.17, 15) is 18.8 Å². The second-order valence-corrected chi connectivity index (χ2v) is 7.12. The number of carbonyl (C=O) groups is 3. The Hall–Kier alpha value is -3.80. The zero-order chi connectivity index (χ0) is 21.3. The van der Waals surface area contributed by atoms with Gasteiger partial charge in [0, 0.05) is 12.1 Å². The van der Waals surface area contributed by atoms with E-state index in [1.165, 1.54) is 24.3 Å². The molecule has 1 N–H and O–H groups in total. The van der Waals surface area contributed by atoms with Gasteiger partial charge in [-0.05, 0) is 60.9 Å². The molecule has 0 spiro atoms. The summed E-state index contributed by atoms with van der Waals surface area (Å²) in [5, 5.41) is 2.79. The van der Waals surface area contributed by atoms with Gasteiger partial charge in [0.05, 0.1) is 16.8 Å². The Balaban J connectivity index is 1.49. The first-order valence-corrected chi connectivity index (χ1v) is 9.57. The molecule has 0 saturated carbocycles. The van der Waals surface area contributed by atoms with Crippen molar-refractivity contribution in [1.29, 1.82) is 0 Å². The Labute approximate surface area is 173 Å². The van der Waals surface area contributed by atoms with Gasteiger partial charge in [-0.1, -0.05) is 30.3 Å². The molecule has 3 aromatic carbocycles. The van der Waals surface area contributed by atoms with Crippen LogP contribution in [0.3, 0.4) is 0 Å². The molecule has 1 aliphatic rings. The third-order valence-corrected chi connectivity index (χ3v) is 5.12. The van der Waals surface area contributed by atoms with E-state index in [0.717, 1.165) is 16.0 Å². The van der Waals surface area contributed by atoms with Crippen molar-refractivity contribution in [2.45, 2.75) is 13.3 Å². The molecule has 0 atom stereocenters. The molecular weight excluding hydrogens is 383 g/mol. The van der Waals surface area contributed by atoms with Crippen LogP contribution in [0.1, 0.15) is 42.2 Å². The number of aryl methyl sites for hydroxylation is 1. The van der Waals surface area contributed by atoms with Gasteiger partial charge in [-0.3, -0.25) is 14.4 Å². The van der Waals surface area contributed by atoms with Crippen LogP contribution in [0.25, 0.3) is 0 Å². The predicted molar refractivity (Wildman–Crippen MR) is 111 cm³/mol. The number of carbonyl (C=O) groups excluding carboxylic acids is 3. The molecule has 0 aromatic heterocycles. The van der Waals surface area contributed by atoms with Gasteiger partial charge in [-0.2, -0.15) is 0 Å². The Morgan fingerprint density at radius 1 is 0.933 bits per heavy atom. The lowest BCUT2D eigenvalue weighted by Gasteiger charge is -2.16. The number of imide groups is 1. The molecular formula is C24H19FN2O3. The minimum atomic E-state index is -0.440. The van der Waals surface area contributed by atoms with Crippen LogP contribution < -0.4 is 10.2 Å². The van der Waals surface area contributed by atoms with Crippen molar-refractivity contribution in [2.75, 3.05) is 11.4 Å². The second kappa shape index (κ2) is 7.91. The van der Waals surface area contributed by atoms with E-state index in [4.69, 9.17) is 0 Å². The van der Waals surface area contributed by atoms with Crippen LogP contribution in [0, 0.1) is 12.7 Å². The maximum atomic E-state index is 13.0. The molecule has 150 valence electrons. The molecule has 30 heavy (non-hydrogen) atoms. The third kappa shape index (κ3) is 3.59. The van der Waals surface area contributed by atoms with Crippen LogP contribution in [0.2, 0.25) is 0 Å². The van der Waals surface area contributed by atoms with Gasteiger partial charge in [-0.15, -0.1) is 0 Å². The van der Waals surface area contributed by atoms with Crippen molar-refractivity contribution >= 4 is 23.4 Å². The summed E-state index contributed by atoms with van der Waals surface area (Å²) in [5.41, 5.74) is 3.06. The largest absolute Gasteiger partial charge is 0.352 e. The van der Waals surface area contributed by atoms with E-state index >= 15 is 0 Å². The lowest BCUT2D eigenvalue weighted by atomic mass is 10.1. The molecule has 4 rings (SSSR count). The Morgan fingerprint density at radius 2 is 1.63 bits per heavy atom. The Kier molecular flexibility index (Phi) is 5.14. The molecule has 0 unspecified atom stereocenters. The lowest BCUT2D eigenvalue weighted by molar-refractivity contribution is 0.0923. The molecule has 0 bridgehead atoms. The fraction of sp³-hybridized carbons (Fsp3) is 0.125. The van der Waals surface area contributed by atoms with E-state index in [1.54, 1.807) is 30.3 Å². The highest BCUT2D eigenvalue weighted by atomic mass is 19.1. The summed E-state index contributed by atoms with van der Waals surface area (Å²) >= 11 is 0. The maximum absolute atomic E-state index is 13.0. The smallest absolute Gasteiger partial charge is 0.266 e. The number of para-hydroxylation sites is 1. The van der Waals surface area contributed by atoms with Gasteiger partial charge in [0.15, 0.2) is 0 Å². The molecule has 1 heterocycles. The van der Waals surface area contributed by atoms with Crippen LogP contribution in [0.4, 0.5) is 10.1 Å². The number of nitrogens with zero attached hydrogens (tertiary/aromatic N) is 1. The highest BCUT2D eigenvalue weighted by molar-refractivity contribution is 6.35.